The number of ether oxygens (including phenoxy) is 1. The fraction of sp³-hybridized carbons (Fsp3) is 0.0714. The number of rotatable bonds is 7. The zero-order valence-electron chi connectivity index (χ0n) is 20.1. The molecule has 6 rings (SSSR count). The number of aromatic nitrogens is 5. The van der Waals surface area contributed by atoms with Crippen LogP contribution < -0.4 is 10.3 Å². The van der Waals surface area contributed by atoms with Gasteiger partial charge in [-0.3, -0.25) is 4.79 Å². The van der Waals surface area contributed by atoms with Gasteiger partial charge in [-0.2, -0.15) is 4.98 Å². The molecule has 0 atom stereocenters. The number of methoxy groups -OCH3 is 1. The van der Waals surface area contributed by atoms with Gasteiger partial charge in [-0.25, -0.2) is 13.9 Å². The summed E-state index contributed by atoms with van der Waals surface area (Å²) < 4.78 is 26.1. The minimum absolute atomic E-state index is 0.237. The van der Waals surface area contributed by atoms with Gasteiger partial charge in [0, 0.05) is 17.3 Å². The molecule has 6 aromatic rings. The summed E-state index contributed by atoms with van der Waals surface area (Å²) in [7, 11) is 1.55. The van der Waals surface area contributed by atoms with Crippen LogP contribution in [-0.4, -0.2) is 31.8 Å². The minimum atomic E-state index is -0.387. The summed E-state index contributed by atoms with van der Waals surface area (Å²) in [5, 5.41) is 4.41. The summed E-state index contributed by atoms with van der Waals surface area (Å²) in [6.45, 7) is 0. The Morgan fingerprint density at radius 2 is 1.79 bits per heavy atom. The number of nitrogens with zero attached hydrogens (tertiary/aromatic N) is 4. The van der Waals surface area contributed by atoms with Gasteiger partial charge >= 0.3 is 0 Å². The zero-order valence-corrected chi connectivity index (χ0v) is 20.9. The van der Waals surface area contributed by atoms with Crippen molar-refractivity contribution in [1.29, 1.82) is 0 Å². The summed E-state index contributed by atoms with van der Waals surface area (Å²) in [6.07, 6.45) is 1.79. The molecule has 188 valence electrons. The fourth-order valence-electron chi connectivity index (χ4n) is 4.19. The third-order valence-corrected chi connectivity index (χ3v) is 6.88. The lowest BCUT2D eigenvalue weighted by molar-refractivity contribution is 0.391. The fourth-order valence-corrected chi connectivity index (χ4v) is 5.02. The molecule has 0 amide bonds. The molecular formula is C28H20FN5O3S. The molecule has 0 spiro atoms. The Labute approximate surface area is 220 Å². The van der Waals surface area contributed by atoms with E-state index in [4.69, 9.17) is 14.2 Å². The lowest BCUT2D eigenvalue weighted by Gasteiger charge is -2.14. The number of aromatic amines is 1. The van der Waals surface area contributed by atoms with Crippen molar-refractivity contribution >= 4 is 22.8 Å². The van der Waals surface area contributed by atoms with E-state index in [2.05, 4.69) is 15.1 Å². The number of hydrogen-bond donors (Lipinski definition) is 1. The summed E-state index contributed by atoms with van der Waals surface area (Å²) in [6, 6.07) is 23.0. The Kier molecular flexibility index (Phi) is 6.22. The zero-order chi connectivity index (χ0) is 26.1. The Bertz CT molecular complexity index is 1810. The Hall–Kier alpha value is -4.70. The van der Waals surface area contributed by atoms with E-state index in [0.717, 1.165) is 11.1 Å². The molecular weight excluding hydrogens is 505 g/mol. The van der Waals surface area contributed by atoms with E-state index in [1.807, 2.05) is 42.5 Å². The van der Waals surface area contributed by atoms with E-state index in [1.165, 1.54) is 28.5 Å². The van der Waals surface area contributed by atoms with Gasteiger partial charge in [0.25, 0.3) is 5.56 Å². The van der Waals surface area contributed by atoms with Crippen LogP contribution in [0.5, 0.6) is 5.75 Å². The number of halogens is 1. The van der Waals surface area contributed by atoms with Crippen molar-refractivity contribution in [3.05, 3.63) is 107 Å². The highest BCUT2D eigenvalue weighted by Crippen LogP contribution is 2.32. The molecule has 1 N–H and O–H groups in total. The number of fused-ring (bicyclic) bond motifs is 1. The quantitative estimate of drug-likeness (QED) is 0.206. The predicted octanol–water partition coefficient (Wildman–Crippen LogP) is 5.87. The lowest BCUT2D eigenvalue weighted by Crippen LogP contribution is -2.22. The van der Waals surface area contributed by atoms with Crippen molar-refractivity contribution < 1.29 is 13.7 Å². The molecule has 0 aliphatic rings. The van der Waals surface area contributed by atoms with Crippen LogP contribution in [0.1, 0.15) is 5.89 Å². The van der Waals surface area contributed by atoms with Gasteiger partial charge in [-0.1, -0.05) is 71.5 Å². The maximum absolute atomic E-state index is 13.8. The van der Waals surface area contributed by atoms with Crippen molar-refractivity contribution in [3.8, 4) is 34.0 Å². The van der Waals surface area contributed by atoms with Crippen molar-refractivity contribution in [2.24, 2.45) is 0 Å². The number of thioether (sulfide) groups is 1. The van der Waals surface area contributed by atoms with Gasteiger partial charge in [0.2, 0.25) is 11.7 Å². The summed E-state index contributed by atoms with van der Waals surface area (Å²) in [5.41, 5.74) is 3.49. The lowest BCUT2D eigenvalue weighted by atomic mass is 10.1. The standard InChI is InChI=1S/C28H20FN5O3S/c1-36-22-13-6-5-12-21(22)34-27(35)25-24(20(15-30-25)17-8-3-2-4-9-17)32-28(34)38-16-23-31-26(33-37-23)18-10-7-11-19(29)14-18/h2-15,30H,16H2,1H3. The van der Waals surface area contributed by atoms with Crippen molar-refractivity contribution in [2.75, 3.05) is 7.11 Å². The largest absolute Gasteiger partial charge is 0.495 e. The van der Waals surface area contributed by atoms with Gasteiger partial charge < -0.3 is 14.2 Å². The number of hydrogen-bond acceptors (Lipinski definition) is 7. The topological polar surface area (TPSA) is 98.8 Å². The smallest absolute Gasteiger partial charge is 0.283 e. The van der Waals surface area contributed by atoms with E-state index in [-0.39, 0.29) is 23.0 Å². The molecule has 0 saturated heterocycles. The molecule has 10 heteroatoms. The van der Waals surface area contributed by atoms with Crippen LogP contribution >= 0.6 is 11.8 Å². The van der Waals surface area contributed by atoms with Crippen molar-refractivity contribution in [1.82, 2.24) is 24.7 Å². The average Bonchev–Trinajstić information content (AvgIpc) is 3.60. The first kappa shape index (κ1) is 23.7. The van der Waals surface area contributed by atoms with Crippen molar-refractivity contribution in [3.63, 3.8) is 0 Å². The predicted molar refractivity (Wildman–Crippen MR) is 143 cm³/mol. The molecule has 8 nitrogen and oxygen atoms in total. The van der Waals surface area contributed by atoms with E-state index < -0.39 is 0 Å². The van der Waals surface area contributed by atoms with Gasteiger partial charge in [0.05, 0.1) is 18.6 Å². The first-order chi connectivity index (χ1) is 18.6. The van der Waals surface area contributed by atoms with Gasteiger partial charge in [-0.15, -0.1) is 0 Å². The first-order valence-corrected chi connectivity index (χ1v) is 12.6. The molecule has 0 saturated carbocycles. The molecule has 0 aliphatic carbocycles. The molecule has 0 radical (unpaired) electrons. The monoisotopic (exact) mass is 525 g/mol. The third kappa shape index (κ3) is 4.35. The van der Waals surface area contributed by atoms with Crippen LogP contribution in [0.15, 0.2) is 99.5 Å². The molecule has 3 aromatic carbocycles. The van der Waals surface area contributed by atoms with Gasteiger partial charge in [0.1, 0.15) is 22.6 Å². The highest BCUT2D eigenvalue weighted by molar-refractivity contribution is 7.98. The van der Waals surface area contributed by atoms with Crippen LogP contribution in [0.3, 0.4) is 0 Å². The van der Waals surface area contributed by atoms with Crippen LogP contribution in [0.2, 0.25) is 0 Å². The molecule has 0 aliphatic heterocycles. The molecule has 0 bridgehead atoms. The third-order valence-electron chi connectivity index (χ3n) is 5.95. The number of benzene rings is 3. The molecule has 0 unspecified atom stereocenters. The SMILES string of the molecule is COc1ccccc1-n1c(SCc2nc(-c3cccc(F)c3)no2)nc2c(-c3ccccc3)c[nH]c2c1=O. The maximum Gasteiger partial charge on any atom is 0.283 e. The maximum atomic E-state index is 13.8. The van der Waals surface area contributed by atoms with Crippen LogP contribution in [0.4, 0.5) is 4.39 Å². The van der Waals surface area contributed by atoms with Crippen molar-refractivity contribution in [2.45, 2.75) is 10.9 Å². The Morgan fingerprint density at radius 1 is 1.00 bits per heavy atom. The van der Waals surface area contributed by atoms with E-state index in [9.17, 15) is 9.18 Å². The second kappa shape index (κ2) is 9.98. The van der Waals surface area contributed by atoms with Crippen LogP contribution in [-0.2, 0) is 5.75 Å². The Balaban J connectivity index is 1.44. The summed E-state index contributed by atoms with van der Waals surface area (Å²) >= 11 is 1.27. The van der Waals surface area contributed by atoms with Gasteiger partial charge in [0.15, 0.2) is 5.16 Å². The summed E-state index contributed by atoms with van der Waals surface area (Å²) in [5.74, 6) is 0.969. The molecule has 3 aromatic heterocycles. The molecule has 3 heterocycles. The van der Waals surface area contributed by atoms with E-state index in [1.54, 1.807) is 37.6 Å². The number of para-hydroxylation sites is 2. The molecule has 0 fully saturated rings. The van der Waals surface area contributed by atoms with E-state index >= 15 is 0 Å². The van der Waals surface area contributed by atoms with Crippen LogP contribution in [0.25, 0.3) is 39.2 Å². The van der Waals surface area contributed by atoms with Gasteiger partial charge in [-0.05, 0) is 29.8 Å². The average molecular weight is 526 g/mol. The normalized spacial score (nSPS) is 11.2. The summed E-state index contributed by atoms with van der Waals surface area (Å²) in [4.78, 5) is 26.3. The van der Waals surface area contributed by atoms with E-state index in [0.29, 0.717) is 39.1 Å². The highest BCUT2D eigenvalue weighted by atomic mass is 32.2. The number of nitrogens with one attached hydrogen (secondary N) is 1. The second-order valence-electron chi connectivity index (χ2n) is 8.31. The minimum Gasteiger partial charge on any atom is -0.495 e. The van der Waals surface area contributed by atoms with Crippen LogP contribution in [0, 0.1) is 5.82 Å². The highest BCUT2D eigenvalue weighted by Gasteiger charge is 2.21. The molecule has 38 heavy (non-hydrogen) atoms. The first-order valence-electron chi connectivity index (χ1n) is 11.7. The second-order valence-corrected chi connectivity index (χ2v) is 9.25. The number of H-pyrrole nitrogens is 1. The Morgan fingerprint density at radius 3 is 2.61 bits per heavy atom.